The highest BCUT2D eigenvalue weighted by atomic mass is 32.2. The number of aromatic nitrogens is 3. The van der Waals surface area contributed by atoms with Crippen molar-refractivity contribution in [3.8, 4) is 0 Å². The number of amides is 1. The van der Waals surface area contributed by atoms with Gasteiger partial charge in [0.15, 0.2) is 4.34 Å². The average Bonchev–Trinajstić information content (AvgIpc) is 3.47. The summed E-state index contributed by atoms with van der Waals surface area (Å²) in [5.74, 6) is -1.04. The number of carbonyl (C=O) groups excluding carboxylic acids is 2. The molecule has 3 heterocycles. The Balaban J connectivity index is 1.54. The number of hydrogen-bond acceptors (Lipinski definition) is 8. The first-order valence-corrected chi connectivity index (χ1v) is 13.4. The minimum Gasteiger partial charge on any atom is -0.507 e. The van der Waals surface area contributed by atoms with Crippen LogP contribution in [0, 0.1) is 20.8 Å². The predicted octanol–water partition coefficient (Wildman–Crippen LogP) is 5.78. The highest BCUT2D eigenvalue weighted by Crippen LogP contribution is 2.44. The van der Waals surface area contributed by atoms with Crippen LogP contribution in [0.1, 0.15) is 39.4 Å². The smallest absolute Gasteiger partial charge is 0.301 e. The molecule has 1 N–H and O–H groups in total. The minimum absolute atomic E-state index is 0.00996. The van der Waals surface area contributed by atoms with Crippen LogP contribution in [0.3, 0.4) is 0 Å². The number of nitrogens with zero attached hydrogens (tertiary/aromatic N) is 4. The van der Waals surface area contributed by atoms with Crippen LogP contribution in [0.2, 0.25) is 0 Å². The lowest BCUT2D eigenvalue weighted by Crippen LogP contribution is -2.29. The molecule has 0 spiro atoms. The molecule has 0 bridgehead atoms. The number of Topliss-reactive ketones (excluding diaryl/α,β-unsaturated/α-hetero) is 1. The van der Waals surface area contributed by atoms with E-state index in [-0.39, 0.29) is 11.3 Å². The molecule has 0 radical (unpaired) electrons. The third kappa shape index (κ3) is 4.92. The molecule has 4 aromatic rings. The molecule has 5 rings (SSSR count). The van der Waals surface area contributed by atoms with Gasteiger partial charge in [0.05, 0.1) is 11.6 Å². The largest absolute Gasteiger partial charge is 0.507 e. The number of aliphatic hydroxyl groups excluding tert-OH is 1. The molecule has 1 unspecified atom stereocenters. The van der Waals surface area contributed by atoms with Crippen LogP contribution in [0.15, 0.2) is 76.9 Å². The Labute approximate surface area is 222 Å². The van der Waals surface area contributed by atoms with Gasteiger partial charge in [0.1, 0.15) is 5.76 Å². The van der Waals surface area contributed by atoms with Gasteiger partial charge >= 0.3 is 5.91 Å². The highest BCUT2D eigenvalue weighted by Gasteiger charge is 2.48. The fraction of sp³-hybridized carbons (Fsp3) is 0.179. The first kappa shape index (κ1) is 24.9. The van der Waals surface area contributed by atoms with Crippen molar-refractivity contribution in [2.24, 2.45) is 0 Å². The first-order chi connectivity index (χ1) is 17.8. The normalized spacial score (nSPS) is 16.9. The van der Waals surface area contributed by atoms with Gasteiger partial charge in [0, 0.05) is 23.7 Å². The summed E-state index contributed by atoms with van der Waals surface area (Å²) in [4.78, 5) is 32.2. The number of ketones is 1. The van der Waals surface area contributed by atoms with Crippen LogP contribution in [0.4, 0.5) is 5.13 Å². The maximum atomic E-state index is 13.4. The number of aryl methyl sites for hydroxylation is 3. The summed E-state index contributed by atoms with van der Waals surface area (Å²) >= 11 is 2.75. The van der Waals surface area contributed by atoms with Crippen LogP contribution in [-0.2, 0) is 15.3 Å². The van der Waals surface area contributed by atoms with Crippen molar-refractivity contribution >= 4 is 45.7 Å². The van der Waals surface area contributed by atoms with Crippen LogP contribution in [-0.4, -0.2) is 32.0 Å². The Morgan fingerprint density at radius 1 is 1.03 bits per heavy atom. The molecule has 1 amide bonds. The molecule has 2 aromatic heterocycles. The number of hydrogen-bond donors (Lipinski definition) is 1. The lowest BCUT2D eigenvalue weighted by Gasteiger charge is -2.22. The number of rotatable bonds is 6. The molecule has 1 aliphatic heterocycles. The van der Waals surface area contributed by atoms with Crippen molar-refractivity contribution in [3.05, 3.63) is 106 Å². The molecule has 0 aliphatic carbocycles. The van der Waals surface area contributed by atoms with Crippen LogP contribution in [0.5, 0.6) is 0 Å². The van der Waals surface area contributed by atoms with Crippen LogP contribution in [0.25, 0.3) is 5.76 Å². The summed E-state index contributed by atoms with van der Waals surface area (Å²) < 4.78 is 0.678. The molecule has 2 aromatic carbocycles. The molecular weight excluding hydrogens is 504 g/mol. The zero-order valence-corrected chi connectivity index (χ0v) is 22.1. The van der Waals surface area contributed by atoms with E-state index in [2.05, 4.69) is 39.4 Å². The summed E-state index contributed by atoms with van der Waals surface area (Å²) in [5.41, 5.74) is 5.19. The van der Waals surface area contributed by atoms with Gasteiger partial charge < -0.3 is 5.11 Å². The molecule has 186 valence electrons. The number of anilines is 1. The number of benzene rings is 2. The maximum absolute atomic E-state index is 13.4. The average molecular weight is 529 g/mol. The number of thioether (sulfide) groups is 1. The predicted molar refractivity (Wildman–Crippen MR) is 146 cm³/mol. The number of aliphatic hydroxyl groups is 1. The van der Waals surface area contributed by atoms with Crippen molar-refractivity contribution in [1.29, 1.82) is 0 Å². The Morgan fingerprint density at radius 2 is 1.78 bits per heavy atom. The number of carbonyl (C=O) groups is 2. The van der Waals surface area contributed by atoms with E-state index >= 15 is 0 Å². The van der Waals surface area contributed by atoms with Crippen molar-refractivity contribution < 1.29 is 14.7 Å². The van der Waals surface area contributed by atoms with Crippen molar-refractivity contribution in [1.82, 2.24) is 15.2 Å². The Bertz CT molecular complexity index is 1510. The van der Waals surface area contributed by atoms with Gasteiger partial charge in [-0.05, 0) is 49.6 Å². The van der Waals surface area contributed by atoms with Crippen LogP contribution >= 0.6 is 23.1 Å². The molecule has 37 heavy (non-hydrogen) atoms. The van der Waals surface area contributed by atoms with Gasteiger partial charge in [-0.2, -0.15) is 0 Å². The lowest BCUT2D eigenvalue weighted by molar-refractivity contribution is -0.132. The van der Waals surface area contributed by atoms with Crippen molar-refractivity contribution in [2.45, 2.75) is 36.9 Å². The van der Waals surface area contributed by atoms with Gasteiger partial charge in [-0.3, -0.25) is 19.5 Å². The minimum atomic E-state index is -0.878. The highest BCUT2D eigenvalue weighted by molar-refractivity contribution is 8.00. The molecular formula is C28H24N4O3S2. The summed E-state index contributed by atoms with van der Waals surface area (Å²) in [6, 6.07) is 16.5. The van der Waals surface area contributed by atoms with E-state index in [1.54, 1.807) is 24.5 Å². The van der Waals surface area contributed by atoms with E-state index in [1.165, 1.54) is 33.6 Å². The topological polar surface area (TPSA) is 96.3 Å². The Hall–Kier alpha value is -3.82. The fourth-order valence-electron chi connectivity index (χ4n) is 4.21. The first-order valence-electron chi connectivity index (χ1n) is 11.6. The summed E-state index contributed by atoms with van der Waals surface area (Å²) in [6.45, 7) is 5.80. The lowest BCUT2D eigenvalue weighted by atomic mass is 9.94. The SMILES string of the molecule is Cc1ccc(CSc2nnc(N3C(=O)C(=O)C(=C(O)c4cc(C)ccc4C)C3c3cccnc3)s2)cc1. The second kappa shape index (κ2) is 10.3. The molecule has 1 fully saturated rings. The van der Waals surface area contributed by atoms with Crippen molar-refractivity contribution in [3.63, 3.8) is 0 Å². The van der Waals surface area contributed by atoms with Gasteiger partial charge in [-0.25, -0.2) is 0 Å². The van der Waals surface area contributed by atoms with E-state index in [4.69, 9.17) is 0 Å². The van der Waals surface area contributed by atoms with E-state index in [1.807, 2.05) is 39.0 Å². The molecule has 9 heteroatoms. The number of pyridine rings is 1. The van der Waals surface area contributed by atoms with E-state index < -0.39 is 17.7 Å². The van der Waals surface area contributed by atoms with Gasteiger partial charge in [0.25, 0.3) is 5.78 Å². The zero-order chi connectivity index (χ0) is 26.1. The van der Waals surface area contributed by atoms with Crippen molar-refractivity contribution in [2.75, 3.05) is 4.90 Å². The van der Waals surface area contributed by atoms with Crippen LogP contribution < -0.4 is 4.90 Å². The summed E-state index contributed by atoms with van der Waals surface area (Å²) in [5, 5.41) is 20.2. The molecule has 1 atom stereocenters. The van der Waals surface area contributed by atoms with Gasteiger partial charge in [-0.15, -0.1) is 10.2 Å². The molecule has 7 nitrogen and oxygen atoms in total. The van der Waals surface area contributed by atoms with Gasteiger partial charge in [0.2, 0.25) is 5.13 Å². The van der Waals surface area contributed by atoms with Gasteiger partial charge in [-0.1, -0.05) is 76.7 Å². The monoisotopic (exact) mass is 528 g/mol. The molecule has 1 saturated heterocycles. The maximum Gasteiger partial charge on any atom is 0.301 e. The quantitative estimate of drug-likeness (QED) is 0.111. The Kier molecular flexibility index (Phi) is 6.90. The third-order valence-electron chi connectivity index (χ3n) is 6.18. The zero-order valence-electron chi connectivity index (χ0n) is 20.5. The second-order valence-electron chi connectivity index (χ2n) is 8.90. The molecule has 1 aliphatic rings. The standard InChI is InChI=1S/C28H24N4O3S2/c1-16-7-10-19(11-8-16)15-36-28-31-30-27(37-28)32-23(20-5-4-12-29-14-20)22(25(34)26(32)35)24(33)21-13-17(2)6-9-18(21)3/h4-14,23,33H,15H2,1-3H3. The second-order valence-corrected chi connectivity index (χ2v) is 11.1. The van der Waals surface area contributed by atoms with E-state index in [0.717, 1.165) is 16.7 Å². The summed E-state index contributed by atoms with van der Waals surface area (Å²) in [6.07, 6.45) is 3.21. The van der Waals surface area contributed by atoms with E-state index in [0.29, 0.717) is 26.4 Å². The third-order valence-corrected chi connectivity index (χ3v) is 8.30. The fourth-order valence-corrected chi connectivity index (χ4v) is 6.03. The van der Waals surface area contributed by atoms with E-state index in [9.17, 15) is 14.7 Å². The molecule has 0 saturated carbocycles. The Morgan fingerprint density at radius 3 is 2.51 bits per heavy atom. The summed E-state index contributed by atoms with van der Waals surface area (Å²) in [7, 11) is 0.